The van der Waals surface area contributed by atoms with Crippen LogP contribution in [0.15, 0.2) is 54.6 Å². The van der Waals surface area contributed by atoms with Gasteiger partial charge >= 0.3 is 5.97 Å². The SMILES string of the molecule is Cc1cccc(C)c1-c1cccc(C2CCc3cc4c(cc3O2)OCC4CC(=O)O)c1. The first kappa shape index (κ1) is 19.7. The molecular formula is C27H26O4. The molecule has 0 aromatic heterocycles. The van der Waals surface area contributed by atoms with E-state index in [9.17, 15) is 4.79 Å². The van der Waals surface area contributed by atoms with E-state index in [1.165, 1.54) is 27.8 Å². The van der Waals surface area contributed by atoms with Crippen molar-refractivity contribution in [2.75, 3.05) is 6.61 Å². The van der Waals surface area contributed by atoms with Crippen LogP contribution >= 0.6 is 0 Å². The van der Waals surface area contributed by atoms with Crippen LogP contribution in [0.25, 0.3) is 11.1 Å². The molecule has 4 nitrogen and oxygen atoms in total. The number of hydrogen-bond donors (Lipinski definition) is 1. The summed E-state index contributed by atoms with van der Waals surface area (Å²) in [5.41, 5.74) is 8.37. The molecule has 0 saturated carbocycles. The number of fused-ring (bicyclic) bond motifs is 2. The van der Waals surface area contributed by atoms with E-state index in [2.05, 4.69) is 62.4 Å². The molecular weight excluding hydrogens is 388 g/mol. The highest BCUT2D eigenvalue weighted by Crippen LogP contribution is 2.44. The largest absolute Gasteiger partial charge is 0.492 e. The summed E-state index contributed by atoms with van der Waals surface area (Å²) in [6.07, 6.45) is 1.89. The minimum atomic E-state index is -0.792. The summed E-state index contributed by atoms with van der Waals surface area (Å²) in [6.45, 7) is 4.73. The fourth-order valence-corrected chi connectivity index (χ4v) is 4.93. The van der Waals surface area contributed by atoms with Crippen molar-refractivity contribution in [1.29, 1.82) is 0 Å². The van der Waals surface area contributed by atoms with Gasteiger partial charge in [-0.25, -0.2) is 0 Å². The van der Waals surface area contributed by atoms with Gasteiger partial charge < -0.3 is 14.6 Å². The van der Waals surface area contributed by atoms with E-state index in [1.807, 2.05) is 6.07 Å². The molecule has 2 unspecified atom stereocenters. The lowest BCUT2D eigenvalue weighted by atomic mass is 9.90. The van der Waals surface area contributed by atoms with Gasteiger partial charge in [0.05, 0.1) is 13.0 Å². The lowest BCUT2D eigenvalue weighted by Gasteiger charge is -2.27. The highest BCUT2D eigenvalue weighted by molar-refractivity contribution is 5.71. The van der Waals surface area contributed by atoms with Crippen molar-refractivity contribution in [3.8, 4) is 22.6 Å². The summed E-state index contributed by atoms with van der Waals surface area (Å²) in [6, 6.07) is 19.1. The zero-order chi connectivity index (χ0) is 21.5. The summed E-state index contributed by atoms with van der Waals surface area (Å²) in [4.78, 5) is 11.1. The van der Waals surface area contributed by atoms with Crippen LogP contribution in [0.5, 0.6) is 11.5 Å². The second-order valence-electron chi connectivity index (χ2n) is 8.64. The molecule has 0 spiro atoms. The smallest absolute Gasteiger partial charge is 0.304 e. The molecule has 2 aliphatic heterocycles. The van der Waals surface area contributed by atoms with E-state index in [-0.39, 0.29) is 18.4 Å². The first-order chi connectivity index (χ1) is 15.0. The first-order valence-electron chi connectivity index (χ1n) is 10.8. The van der Waals surface area contributed by atoms with Crippen molar-refractivity contribution < 1.29 is 19.4 Å². The van der Waals surface area contributed by atoms with E-state index in [0.29, 0.717) is 6.61 Å². The molecule has 31 heavy (non-hydrogen) atoms. The maximum absolute atomic E-state index is 11.1. The van der Waals surface area contributed by atoms with Crippen molar-refractivity contribution in [2.24, 2.45) is 0 Å². The highest BCUT2D eigenvalue weighted by atomic mass is 16.5. The summed E-state index contributed by atoms with van der Waals surface area (Å²) in [7, 11) is 0. The standard InChI is InChI=1S/C27H26O4/c1-16-5-3-6-17(2)27(16)20-8-4-7-18(11-20)23-10-9-19-12-22-21(13-26(28)29)15-30-25(22)14-24(19)31-23/h3-8,11-12,14,21,23H,9-10,13,15H2,1-2H3,(H,28,29). The second kappa shape index (κ2) is 7.77. The summed E-state index contributed by atoms with van der Waals surface area (Å²) >= 11 is 0. The fourth-order valence-electron chi connectivity index (χ4n) is 4.93. The number of carboxylic acids is 1. The maximum Gasteiger partial charge on any atom is 0.304 e. The highest BCUT2D eigenvalue weighted by Gasteiger charge is 2.30. The van der Waals surface area contributed by atoms with Gasteiger partial charge in [-0.2, -0.15) is 0 Å². The molecule has 3 aromatic rings. The van der Waals surface area contributed by atoms with Crippen molar-refractivity contribution in [3.05, 3.63) is 82.4 Å². The van der Waals surface area contributed by atoms with Crippen LogP contribution < -0.4 is 9.47 Å². The molecule has 2 atom stereocenters. The van der Waals surface area contributed by atoms with Gasteiger partial charge in [-0.1, -0.05) is 36.4 Å². The van der Waals surface area contributed by atoms with Crippen LogP contribution in [0, 0.1) is 13.8 Å². The van der Waals surface area contributed by atoms with Crippen LogP contribution in [0.2, 0.25) is 0 Å². The number of carboxylic acid groups (broad SMARTS) is 1. The monoisotopic (exact) mass is 414 g/mol. The normalized spacial score (nSPS) is 19.2. The van der Waals surface area contributed by atoms with Gasteiger partial charge in [0.2, 0.25) is 0 Å². The molecule has 2 aliphatic rings. The van der Waals surface area contributed by atoms with E-state index in [0.717, 1.165) is 35.5 Å². The van der Waals surface area contributed by atoms with Crippen molar-refractivity contribution >= 4 is 5.97 Å². The van der Waals surface area contributed by atoms with E-state index in [4.69, 9.17) is 14.6 Å². The topological polar surface area (TPSA) is 55.8 Å². The summed E-state index contributed by atoms with van der Waals surface area (Å²) in [5, 5.41) is 9.16. The Morgan fingerprint density at radius 3 is 2.58 bits per heavy atom. The average Bonchev–Trinajstić information content (AvgIpc) is 3.13. The predicted octanol–water partition coefficient (Wildman–Crippen LogP) is 5.99. The number of rotatable bonds is 4. The third kappa shape index (κ3) is 3.67. The van der Waals surface area contributed by atoms with Crippen molar-refractivity contribution in [3.63, 3.8) is 0 Å². The third-order valence-corrected chi connectivity index (χ3v) is 6.47. The maximum atomic E-state index is 11.1. The van der Waals surface area contributed by atoms with Gasteiger partial charge in [-0.05, 0) is 72.2 Å². The summed E-state index contributed by atoms with van der Waals surface area (Å²) < 4.78 is 12.2. The molecule has 3 aromatic carbocycles. The molecule has 5 rings (SSSR count). The van der Waals surface area contributed by atoms with Gasteiger partial charge in [-0.3, -0.25) is 4.79 Å². The Labute approximate surface area is 182 Å². The Morgan fingerprint density at radius 2 is 1.81 bits per heavy atom. The van der Waals surface area contributed by atoms with Crippen LogP contribution in [0.4, 0.5) is 0 Å². The Hall–Kier alpha value is -3.27. The number of hydrogen-bond acceptors (Lipinski definition) is 3. The molecule has 4 heteroatoms. The minimum Gasteiger partial charge on any atom is -0.492 e. The van der Waals surface area contributed by atoms with Crippen LogP contribution in [-0.4, -0.2) is 17.7 Å². The van der Waals surface area contributed by atoms with Gasteiger partial charge in [0.1, 0.15) is 17.6 Å². The third-order valence-electron chi connectivity index (χ3n) is 6.47. The summed E-state index contributed by atoms with van der Waals surface area (Å²) in [5.74, 6) is 0.738. The van der Waals surface area contributed by atoms with E-state index < -0.39 is 5.97 Å². The quantitative estimate of drug-likeness (QED) is 0.570. The molecule has 158 valence electrons. The molecule has 0 aliphatic carbocycles. The fraction of sp³-hybridized carbons (Fsp3) is 0.296. The number of aliphatic carboxylic acids is 1. The molecule has 0 fully saturated rings. The zero-order valence-corrected chi connectivity index (χ0v) is 17.9. The van der Waals surface area contributed by atoms with E-state index in [1.54, 1.807) is 0 Å². The lowest BCUT2D eigenvalue weighted by molar-refractivity contribution is -0.137. The van der Waals surface area contributed by atoms with E-state index >= 15 is 0 Å². The van der Waals surface area contributed by atoms with Gasteiger partial charge in [0, 0.05) is 17.5 Å². The van der Waals surface area contributed by atoms with Gasteiger partial charge in [-0.15, -0.1) is 0 Å². The van der Waals surface area contributed by atoms with Crippen molar-refractivity contribution in [1.82, 2.24) is 0 Å². The Balaban J connectivity index is 1.43. The number of ether oxygens (including phenoxy) is 2. The number of aryl methyl sites for hydroxylation is 3. The zero-order valence-electron chi connectivity index (χ0n) is 17.9. The lowest BCUT2D eigenvalue weighted by Crippen LogP contribution is -2.15. The molecule has 0 amide bonds. The molecule has 1 N–H and O–H groups in total. The van der Waals surface area contributed by atoms with Crippen molar-refractivity contribution in [2.45, 2.75) is 45.1 Å². The Morgan fingerprint density at radius 1 is 1.03 bits per heavy atom. The minimum absolute atomic E-state index is 0.00829. The first-order valence-corrected chi connectivity index (χ1v) is 10.8. The van der Waals surface area contributed by atoms with Crippen LogP contribution in [-0.2, 0) is 11.2 Å². The Bertz CT molecular complexity index is 1140. The molecule has 0 saturated heterocycles. The van der Waals surface area contributed by atoms with Gasteiger partial charge in [0.15, 0.2) is 0 Å². The van der Waals surface area contributed by atoms with Crippen LogP contribution in [0.3, 0.4) is 0 Å². The predicted molar refractivity (Wildman–Crippen MR) is 120 cm³/mol. The Kier molecular flexibility index (Phi) is 4.93. The average molecular weight is 415 g/mol. The number of carbonyl (C=O) groups is 1. The second-order valence-corrected chi connectivity index (χ2v) is 8.64. The molecule has 2 heterocycles. The van der Waals surface area contributed by atoms with Gasteiger partial charge in [0.25, 0.3) is 0 Å². The molecule has 0 bridgehead atoms. The van der Waals surface area contributed by atoms with Crippen LogP contribution in [0.1, 0.15) is 52.7 Å². The number of benzene rings is 3. The molecule has 0 radical (unpaired) electrons.